The molecule has 0 spiro atoms. The van der Waals surface area contributed by atoms with Gasteiger partial charge in [-0.15, -0.1) is 0 Å². The lowest BCUT2D eigenvalue weighted by atomic mass is 10.1. The predicted octanol–water partition coefficient (Wildman–Crippen LogP) is 2.99. The fraction of sp³-hybridized carbons (Fsp3) is 0.292. The number of para-hydroxylation sites is 1. The van der Waals surface area contributed by atoms with E-state index in [1.165, 1.54) is 0 Å². The highest BCUT2D eigenvalue weighted by molar-refractivity contribution is 6.00. The third kappa shape index (κ3) is 4.77. The van der Waals surface area contributed by atoms with Gasteiger partial charge in [-0.25, -0.2) is 0 Å². The van der Waals surface area contributed by atoms with E-state index in [0.717, 1.165) is 29.3 Å². The first kappa shape index (κ1) is 20.7. The largest absolute Gasteiger partial charge is 0.354 e. The van der Waals surface area contributed by atoms with Crippen molar-refractivity contribution in [3.05, 3.63) is 65.9 Å². The van der Waals surface area contributed by atoms with Crippen LogP contribution in [0.2, 0.25) is 0 Å². The molecule has 3 amide bonds. The Morgan fingerprint density at radius 3 is 2.84 bits per heavy atom. The maximum Gasteiger partial charge on any atom is 0.252 e. The molecule has 3 aromatic rings. The molecular weight excluding hydrogens is 392 g/mol. The van der Waals surface area contributed by atoms with Crippen LogP contribution in [0.25, 0.3) is 10.9 Å². The Labute approximate surface area is 180 Å². The van der Waals surface area contributed by atoms with Crippen LogP contribution in [-0.4, -0.2) is 34.9 Å². The summed E-state index contributed by atoms with van der Waals surface area (Å²) in [6.45, 7) is 2.69. The van der Waals surface area contributed by atoms with Crippen molar-refractivity contribution in [3.8, 4) is 0 Å². The van der Waals surface area contributed by atoms with Gasteiger partial charge in [0.2, 0.25) is 11.8 Å². The minimum absolute atomic E-state index is 0.148. The Hall–Kier alpha value is -3.61. The second-order valence-electron chi connectivity index (χ2n) is 7.89. The van der Waals surface area contributed by atoms with Crippen LogP contribution in [0.1, 0.15) is 35.2 Å². The number of nitrogens with one attached hydrogen (secondary N) is 3. The van der Waals surface area contributed by atoms with Crippen LogP contribution in [0.15, 0.2) is 54.7 Å². The number of amides is 3. The first-order valence-electron chi connectivity index (χ1n) is 10.5. The van der Waals surface area contributed by atoms with Gasteiger partial charge in [-0.1, -0.05) is 24.3 Å². The number of aromatic nitrogens is 1. The monoisotopic (exact) mass is 418 g/mol. The van der Waals surface area contributed by atoms with E-state index >= 15 is 0 Å². The summed E-state index contributed by atoms with van der Waals surface area (Å²) < 4.78 is 1.89. The summed E-state index contributed by atoms with van der Waals surface area (Å²) >= 11 is 0. The molecular formula is C24H26N4O3. The van der Waals surface area contributed by atoms with E-state index in [1.807, 2.05) is 48.0 Å². The van der Waals surface area contributed by atoms with E-state index in [9.17, 15) is 14.4 Å². The Balaban J connectivity index is 1.45. The summed E-state index contributed by atoms with van der Waals surface area (Å²) in [5, 5.41) is 9.62. The van der Waals surface area contributed by atoms with Crippen molar-refractivity contribution in [1.29, 1.82) is 0 Å². The highest BCUT2D eigenvalue weighted by atomic mass is 16.2. The smallest absolute Gasteiger partial charge is 0.252 e. The zero-order valence-corrected chi connectivity index (χ0v) is 17.5. The van der Waals surface area contributed by atoms with E-state index in [0.29, 0.717) is 24.2 Å². The van der Waals surface area contributed by atoms with Gasteiger partial charge in [0, 0.05) is 29.5 Å². The van der Waals surface area contributed by atoms with Crippen LogP contribution in [-0.2, 0) is 16.1 Å². The van der Waals surface area contributed by atoms with Crippen molar-refractivity contribution in [1.82, 2.24) is 15.2 Å². The van der Waals surface area contributed by atoms with Gasteiger partial charge in [-0.05, 0) is 61.4 Å². The van der Waals surface area contributed by atoms with Crippen molar-refractivity contribution >= 4 is 34.3 Å². The van der Waals surface area contributed by atoms with Crippen LogP contribution in [0.5, 0.6) is 0 Å². The van der Waals surface area contributed by atoms with E-state index in [2.05, 4.69) is 16.0 Å². The fourth-order valence-corrected chi connectivity index (χ4v) is 3.84. The van der Waals surface area contributed by atoms with Crippen LogP contribution in [0.3, 0.4) is 0 Å². The summed E-state index contributed by atoms with van der Waals surface area (Å²) in [5.74, 6) is -0.649. The average molecular weight is 418 g/mol. The Kier molecular flexibility index (Phi) is 6.02. The van der Waals surface area contributed by atoms with Crippen molar-refractivity contribution in [2.45, 2.75) is 38.8 Å². The molecule has 0 unspecified atom stereocenters. The van der Waals surface area contributed by atoms with Crippen molar-refractivity contribution in [3.63, 3.8) is 0 Å². The van der Waals surface area contributed by atoms with Gasteiger partial charge in [-0.3, -0.25) is 14.4 Å². The molecule has 2 aromatic carbocycles. The highest BCUT2D eigenvalue weighted by Gasteiger charge is 2.23. The number of hydrogen-bond donors (Lipinski definition) is 3. The van der Waals surface area contributed by atoms with Crippen LogP contribution in [0.4, 0.5) is 5.69 Å². The molecule has 0 radical (unpaired) electrons. The molecule has 31 heavy (non-hydrogen) atoms. The normalized spacial score (nSPS) is 16.4. The lowest BCUT2D eigenvalue weighted by Crippen LogP contribution is -2.45. The molecule has 7 nitrogen and oxygen atoms in total. The third-order valence-electron chi connectivity index (χ3n) is 5.61. The van der Waals surface area contributed by atoms with Gasteiger partial charge >= 0.3 is 0 Å². The number of fused-ring (bicyclic) bond motifs is 1. The third-order valence-corrected chi connectivity index (χ3v) is 5.61. The van der Waals surface area contributed by atoms with Gasteiger partial charge in [0.05, 0.1) is 0 Å². The topological polar surface area (TPSA) is 92.2 Å². The Morgan fingerprint density at radius 1 is 1.13 bits per heavy atom. The summed E-state index contributed by atoms with van der Waals surface area (Å²) in [6, 6.07) is 14.5. The molecule has 4 rings (SSSR count). The van der Waals surface area contributed by atoms with E-state index in [-0.39, 0.29) is 24.3 Å². The molecule has 1 fully saturated rings. The molecule has 1 saturated heterocycles. The SMILES string of the molecule is Cc1ccc(C(=O)N[C@H]2CCCCNC2=O)cc1NC(=O)Cn1ccc2ccccc21. The van der Waals surface area contributed by atoms with E-state index in [1.54, 1.807) is 18.2 Å². The van der Waals surface area contributed by atoms with Gasteiger partial charge in [-0.2, -0.15) is 0 Å². The van der Waals surface area contributed by atoms with Crippen molar-refractivity contribution in [2.24, 2.45) is 0 Å². The number of hydrogen-bond acceptors (Lipinski definition) is 3. The highest BCUT2D eigenvalue weighted by Crippen LogP contribution is 2.19. The second kappa shape index (κ2) is 9.04. The second-order valence-corrected chi connectivity index (χ2v) is 7.89. The predicted molar refractivity (Wildman–Crippen MR) is 120 cm³/mol. The molecule has 160 valence electrons. The molecule has 1 aliphatic heterocycles. The van der Waals surface area contributed by atoms with Crippen molar-refractivity contribution < 1.29 is 14.4 Å². The average Bonchev–Trinajstić information content (AvgIpc) is 3.05. The number of rotatable bonds is 5. The molecule has 0 saturated carbocycles. The summed E-state index contributed by atoms with van der Waals surface area (Å²) in [4.78, 5) is 37.5. The molecule has 2 heterocycles. The van der Waals surface area contributed by atoms with E-state index < -0.39 is 6.04 Å². The lowest BCUT2D eigenvalue weighted by molar-refractivity contribution is -0.122. The van der Waals surface area contributed by atoms with Crippen molar-refractivity contribution in [2.75, 3.05) is 11.9 Å². The van der Waals surface area contributed by atoms with Crippen LogP contribution < -0.4 is 16.0 Å². The molecule has 0 bridgehead atoms. The standard InChI is InChI=1S/C24H26N4O3/c1-16-9-10-18(23(30)27-19-7-4-5-12-25-24(19)31)14-20(16)26-22(29)15-28-13-11-17-6-2-3-8-21(17)28/h2-3,6,8-11,13-14,19H,4-5,7,12,15H2,1H3,(H,25,31)(H,26,29)(H,27,30)/t19-/m0/s1. The quantitative estimate of drug-likeness (QED) is 0.595. The van der Waals surface area contributed by atoms with Gasteiger partial charge < -0.3 is 20.5 Å². The molecule has 1 aliphatic rings. The Bertz CT molecular complexity index is 1130. The number of carbonyl (C=O) groups excluding carboxylic acids is 3. The number of aryl methyl sites for hydroxylation is 1. The minimum atomic E-state index is -0.531. The molecule has 1 atom stereocenters. The summed E-state index contributed by atoms with van der Waals surface area (Å²) in [5.41, 5.74) is 2.84. The summed E-state index contributed by atoms with van der Waals surface area (Å²) in [7, 11) is 0. The van der Waals surface area contributed by atoms with E-state index in [4.69, 9.17) is 0 Å². The number of anilines is 1. The molecule has 7 heteroatoms. The van der Waals surface area contributed by atoms with Gasteiger partial charge in [0.1, 0.15) is 12.6 Å². The number of carbonyl (C=O) groups is 3. The minimum Gasteiger partial charge on any atom is -0.354 e. The maximum atomic E-state index is 12.7. The summed E-state index contributed by atoms with van der Waals surface area (Å²) in [6.07, 6.45) is 4.30. The maximum absolute atomic E-state index is 12.7. The first-order chi connectivity index (χ1) is 15.0. The lowest BCUT2D eigenvalue weighted by Gasteiger charge is -2.16. The molecule has 0 aliphatic carbocycles. The molecule has 3 N–H and O–H groups in total. The van der Waals surface area contributed by atoms with Gasteiger partial charge in [0.15, 0.2) is 0 Å². The number of benzene rings is 2. The number of nitrogens with zero attached hydrogens (tertiary/aromatic N) is 1. The fourth-order valence-electron chi connectivity index (χ4n) is 3.84. The van der Waals surface area contributed by atoms with Crippen LogP contribution >= 0.6 is 0 Å². The zero-order chi connectivity index (χ0) is 21.8. The van der Waals surface area contributed by atoms with Gasteiger partial charge in [0.25, 0.3) is 5.91 Å². The molecule has 1 aromatic heterocycles. The first-order valence-corrected chi connectivity index (χ1v) is 10.5. The van der Waals surface area contributed by atoms with Crippen LogP contribution in [0, 0.1) is 6.92 Å². The Morgan fingerprint density at radius 2 is 1.97 bits per heavy atom. The zero-order valence-electron chi connectivity index (χ0n) is 17.5.